The Kier molecular flexibility index (Phi) is 7.19. The van der Waals surface area contributed by atoms with E-state index in [1.807, 2.05) is 13.0 Å². The van der Waals surface area contributed by atoms with Crippen molar-refractivity contribution in [2.75, 3.05) is 18.0 Å². The first kappa shape index (κ1) is 23.7. The quantitative estimate of drug-likeness (QED) is 0.298. The average Bonchev–Trinajstić information content (AvgIpc) is 2.72. The Morgan fingerprint density at radius 3 is 2.62 bits per heavy atom. The lowest BCUT2D eigenvalue weighted by molar-refractivity contribution is -0.117. The number of rotatable bonds is 8. The Labute approximate surface area is 189 Å². The number of thioether (sulfide) groups is 1. The number of benzene rings is 1. The van der Waals surface area contributed by atoms with Gasteiger partial charge in [-0.3, -0.25) is 9.32 Å². The molecule has 0 spiro atoms. The first-order valence-corrected chi connectivity index (χ1v) is 11.9. The molecular weight excluding hydrogens is 453 g/mol. The minimum Gasteiger partial charge on any atom is -0.368 e. The van der Waals surface area contributed by atoms with Gasteiger partial charge in [-0.15, -0.1) is 0 Å². The fourth-order valence-electron chi connectivity index (χ4n) is 3.37. The van der Waals surface area contributed by atoms with E-state index in [4.69, 9.17) is 22.1 Å². The van der Waals surface area contributed by atoms with Crippen LogP contribution in [0.4, 0.5) is 11.5 Å². The molecular formula is C20H20N5O5PS. The van der Waals surface area contributed by atoms with Gasteiger partial charge in [-0.1, -0.05) is 49.0 Å². The molecule has 2 aromatic rings. The molecule has 1 unspecified atom stereocenters. The minimum atomic E-state index is -4.63. The summed E-state index contributed by atoms with van der Waals surface area (Å²) in [5, 5.41) is 9.27. The van der Waals surface area contributed by atoms with Gasteiger partial charge < -0.3 is 20.4 Å². The predicted molar refractivity (Wildman–Crippen MR) is 118 cm³/mol. The fourth-order valence-corrected chi connectivity index (χ4v) is 4.95. The van der Waals surface area contributed by atoms with Crippen molar-refractivity contribution in [3.8, 4) is 6.07 Å². The van der Waals surface area contributed by atoms with Crippen LogP contribution in [0.15, 0.2) is 35.4 Å². The molecule has 1 atom stereocenters. The maximum atomic E-state index is 12.2. The molecule has 0 aliphatic carbocycles. The van der Waals surface area contributed by atoms with E-state index in [-0.39, 0.29) is 35.2 Å². The summed E-state index contributed by atoms with van der Waals surface area (Å²) in [4.78, 5) is 39.9. The van der Waals surface area contributed by atoms with Gasteiger partial charge in [0.05, 0.1) is 12.1 Å². The van der Waals surface area contributed by atoms with E-state index in [9.17, 15) is 14.6 Å². The van der Waals surface area contributed by atoms with Crippen LogP contribution in [0.2, 0.25) is 0 Å². The Bertz CT molecular complexity index is 1150. The lowest BCUT2D eigenvalue weighted by atomic mass is 10.0. The van der Waals surface area contributed by atoms with E-state index in [1.54, 1.807) is 29.2 Å². The summed E-state index contributed by atoms with van der Waals surface area (Å²) >= 11 is 1.03. The molecule has 1 aliphatic heterocycles. The second-order valence-corrected chi connectivity index (χ2v) is 9.24. The number of hydrogen-bond acceptors (Lipinski definition) is 7. The third-order valence-electron chi connectivity index (χ3n) is 4.82. The number of phosphoric acid groups is 1. The van der Waals surface area contributed by atoms with Gasteiger partial charge in [0.2, 0.25) is 11.6 Å². The van der Waals surface area contributed by atoms with Crippen LogP contribution < -0.4 is 10.6 Å². The first-order valence-electron chi connectivity index (χ1n) is 9.52. The van der Waals surface area contributed by atoms with Crippen molar-refractivity contribution in [3.63, 3.8) is 0 Å². The van der Waals surface area contributed by atoms with Crippen LogP contribution in [0.25, 0.3) is 4.85 Å². The SMILES string of the molecule is [C-]#[N+]c1c(N2CC(OP(=O)(O)O)C2)nc(SC(C(N)=O)c2ccccc2)c(C#N)c1CC. The van der Waals surface area contributed by atoms with Crippen LogP contribution in [0.5, 0.6) is 0 Å². The molecule has 0 bridgehead atoms. The number of nitrogens with two attached hydrogens (primary N) is 1. The fraction of sp³-hybridized carbons (Fsp3) is 0.300. The number of carbonyl (C=O) groups excluding carboxylic acids is 1. The van der Waals surface area contributed by atoms with E-state index in [1.165, 1.54) is 0 Å². The van der Waals surface area contributed by atoms with Crippen molar-refractivity contribution in [1.82, 2.24) is 4.98 Å². The number of pyridine rings is 1. The van der Waals surface area contributed by atoms with Crippen LogP contribution in [-0.4, -0.2) is 39.9 Å². The highest BCUT2D eigenvalue weighted by Gasteiger charge is 2.36. The number of nitrogens with zero attached hydrogens (tertiary/aromatic N) is 4. The van der Waals surface area contributed by atoms with Crippen LogP contribution in [0, 0.1) is 17.9 Å². The summed E-state index contributed by atoms with van der Waals surface area (Å²) in [6, 6.07) is 11.0. The van der Waals surface area contributed by atoms with Crippen LogP contribution in [0.1, 0.15) is 28.9 Å². The molecule has 1 aliphatic rings. The Morgan fingerprint density at radius 1 is 1.47 bits per heavy atom. The zero-order chi connectivity index (χ0) is 23.5. The third kappa shape index (κ3) is 5.10. The van der Waals surface area contributed by atoms with Gasteiger partial charge in [0.25, 0.3) is 0 Å². The molecule has 1 fully saturated rings. The Balaban J connectivity index is 2.02. The van der Waals surface area contributed by atoms with Crippen molar-refractivity contribution < 1.29 is 23.7 Å². The number of aromatic nitrogens is 1. The van der Waals surface area contributed by atoms with Gasteiger partial charge >= 0.3 is 7.82 Å². The van der Waals surface area contributed by atoms with Gasteiger partial charge in [0, 0.05) is 13.1 Å². The van der Waals surface area contributed by atoms with Gasteiger partial charge in [-0.05, 0) is 17.5 Å². The highest BCUT2D eigenvalue weighted by atomic mass is 32.2. The molecule has 1 saturated heterocycles. The topological polar surface area (TPSA) is 154 Å². The summed E-state index contributed by atoms with van der Waals surface area (Å²) in [6.45, 7) is 9.67. The molecule has 2 heterocycles. The average molecular weight is 473 g/mol. The summed E-state index contributed by atoms with van der Waals surface area (Å²) in [5.41, 5.74) is 7.17. The molecule has 0 saturated carbocycles. The maximum absolute atomic E-state index is 12.2. The van der Waals surface area contributed by atoms with Crippen molar-refractivity contribution in [3.05, 3.63) is 58.4 Å². The highest BCUT2D eigenvalue weighted by molar-refractivity contribution is 8.00. The molecule has 1 aromatic carbocycles. The van der Waals surface area contributed by atoms with E-state index in [0.29, 0.717) is 17.5 Å². The zero-order valence-corrected chi connectivity index (χ0v) is 18.7. The smallest absolute Gasteiger partial charge is 0.368 e. The normalized spacial score (nSPS) is 14.8. The summed E-state index contributed by atoms with van der Waals surface area (Å²) in [6.07, 6.45) is -0.331. The second-order valence-electron chi connectivity index (χ2n) is 6.95. The Morgan fingerprint density at radius 2 is 2.12 bits per heavy atom. The van der Waals surface area contributed by atoms with E-state index < -0.39 is 25.1 Å². The molecule has 32 heavy (non-hydrogen) atoms. The predicted octanol–water partition coefficient (Wildman–Crippen LogP) is 2.68. The molecule has 3 rings (SSSR count). The summed E-state index contributed by atoms with van der Waals surface area (Å²) in [5.74, 6) is -0.319. The largest absolute Gasteiger partial charge is 0.469 e. The number of hydrogen-bond donors (Lipinski definition) is 3. The molecule has 1 amide bonds. The van der Waals surface area contributed by atoms with E-state index >= 15 is 0 Å². The minimum absolute atomic E-state index is 0.123. The second kappa shape index (κ2) is 9.70. The van der Waals surface area contributed by atoms with Gasteiger partial charge in [-0.25, -0.2) is 14.4 Å². The number of nitriles is 1. The number of carbonyl (C=O) groups is 1. The van der Waals surface area contributed by atoms with Crippen LogP contribution in [0.3, 0.4) is 0 Å². The molecule has 4 N–H and O–H groups in total. The van der Waals surface area contributed by atoms with Crippen molar-refractivity contribution in [2.45, 2.75) is 29.7 Å². The van der Waals surface area contributed by atoms with E-state index in [2.05, 4.69) is 20.4 Å². The van der Waals surface area contributed by atoms with Gasteiger partial charge in [-0.2, -0.15) is 5.26 Å². The number of amides is 1. The molecule has 12 heteroatoms. The third-order valence-corrected chi connectivity index (χ3v) is 6.65. The maximum Gasteiger partial charge on any atom is 0.469 e. The monoisotopic (exact) mass is 473 g/mol. The van der Waals surface area contributed by atoms with Crippen molar-refractivity contribution >= 4 is 37.0 Å². The lowest BCUT2D eigenvalue weighted by Crippen LogP contribution is -2.52. The van der Waals surface area contributed by atoms with Crippen molar-refractivity contribution in [1.29, 1.82) is 5.26 Å². The van der Waals surface area contributed by atoms with Crippen LogP contribution >= 0.6 is 19.6 Å². The molecule has 1 aromatic heterocycles. The first-order chi connectivity index (χ1) is 15.2. The van der Waals surface area contributed by atoms with Crippen molar-refractivity contribution in [2.24, 2.45) is 5.73 Å². The summed E-state index contributed by atoms with van der Waals surface area (Å²) in [7, 11) is -4.63. The number of phosphoric ester groups is 1. The van der Waals surface area contributed by atoms with Gasteiger partial charge in [0.1, 0.15) is 28.3 Å². The number of primary amides is 1. The number of anilines is 1. The van der Waals surface area contributed by atoms with Crippen LogP contribution in [-0.2, 0) is 20.3 Å². The Hall–Kier alpha value is -2.92. The van der Waals surface area contributed by atoms with E-state index in [0.717, 1.165) is 11.8 Å². The molecule has 166 valence electrons. The standard InChI is InChI=1S/C20H20N5O5PS/c1-3-14-15(9-21)20(32-17(18(22)26)12-7-5-4-6-8-12)24-19(16(14)23-2)25-10-13(11-25)30-31(27,28)29/h4-8,13,17H,3,10-11H2,1H3,(H2,22,26)(H2,27,28,29). The molecule has 10 nitrogen and oxygen atoms in total. The van der Waals surface area contributed by atoms with Gasteiger partial charge in [0.15, 0.2) is 0 Å². The highest BCUT2D eigenvalue weighted by Crippen LogP contribution is 2.45. The lowest BCUT2D eigenvalue weighted by Gasteiger charge is -2.40. The summed E-state index contributed by atoms with van der Waals surface area (Å²) < 4.78 is 15.8. The zero-order valence-electron chi connectivity index (χ0n) is 17.0. The molecule has 0 radical (unpaired) electrons.